The van der Waals surface area contributed by atoms with Gasteiger partial charge in [-0.2, -0.15) is 0 Å². The lowest BCUT2D eigenvalue weighted by molar-refractivity contribution is 0.0773. The second-order valence-corrected chi connectivity index (χ2v) is 6.41. The van der Waals surface area contributed by atoms with Gasteiger partial charge in [-0.1, -0.05) is 24.3 Å². The number of hydrogen-bond donors (Lipinski definition) is 1. The third-order valence-corrected chi connectivity index (χ3v) is 4.75. The summed E-state index contributed by atoms with van der Waals surface area (Å²) in [5.74, 6) is 0.244. The maximum Gasteiger partial charge on any atom is 0.259 e. The maximum absolute atomic E-state index is 12.8. The number of hydrogen-bond acceptors (Lipinski definition) is 3. The largest absolute Gasteiger partial charge is 0.496 e. The Kier molecular flexibility index (Phi) is 5.94. The number of nitrogens with zero attached hydrogens (tertiary/aromatic N) is 1. The highest BCUT2D eigenvalue weighted by Crippen LogP contribution is 2.27. The maximum atomic E-state index is 12.8. The molecule has 0 aliphatic carbocycles. The first-order valence-corrected chi connectivity index (χ1v) is 9.34. The molecule has 28 heavy (non-hydrogen) atoms. The molecule has 0 fully saturated rings. The van der Waals surface area contributed by atoms with Gasteiger partial charge in [0.25, 0.3) is 11.8 Å². The predicted molar refractivity (Wildman–Crippen MR) is 112 cm³/mol. The number of carbonyl (C=O) groups excluding carboxylic acids is 2. The highest BCUT2D eigenvalue weighted by molar-refractivity contribution is 6.09. The van der Waals surface area contributed by atoms with Gasteiger partial charge in [-0.3, -0.25) is 9.59 Å². The average molecular weight is 376 g/mol. The summed E-state index contributed by atoms with van der Waals surface area (Å²) in [7, 11) is 1.55. The first-order valence-electron chi connectivity index (χ1n) is 9.34. The van der Waals surface area contributed by atoms with E-state index in [-0.39, 0.29) is 11.8 Å². The molecular formula is C23H24N2O3. The van der Waals surface area contributed by atoms with Crippen LogP contribution in [0.3, 0.4) is 0 Å². The quantitative estimate of drug-likeness (QED) is 0.685. The van der Waals surface area contributed by atoms with E-state index in [1.807, 2.05) is 50.2 Å². The molecule has 3 aromatic rings. The van der Waals surface area contributed by atoms with Gasteiger partial charge in [0.05, 0.1) is 12.7 Å². The molecule has 0 aromatic heterocycles. The van der Waals surface area contributed by atoms with Gasteiger partial charge in [-0.05, 0) is 61.0 Å². The highest BCUT2D eigenvalue weighted by atomic mass is 16.5. The van der Waals surface area contributed by atoms with E-state index in [1.54, 1.807) is 36.3 Å². The Morgan fingerprint density at radius 2 is 1.54 bits per heavy atom. The number of methoxy groups -OCH3 is 1. The Morgan fingerprint density at radius 3 is 2.11 bits per heavy atom. The van der Waals surface area contributed by atoms with Crippen molar-refractivity contribution in [1.82, 2.24) is 4.90 Å². The van der Waals surface area contributed by atoms with Crippen LogP contribution in [0.4, 0.5) is 5.69 Å². The minimum absolute atomic E-state index is 0.0147. The van der Waals surface area contributed by atoms with Crippen molar-refractivity contribution < 1.29 is 14.3 Å². The zero-order valence-electron chi connectivity index (χ0n) is 16.4. The number of carbonyl (C=O) groups is 2. The standard InChI is InChI=1S/C23H24N2O3/c1-4-25(5-2)23(27)16-10-12-19(13-11-16)24-22(26)20-14-17-8-6-7-9-18(17)15-21(20)28-3/h6-15H,4-5H2,1-3H3,(H,24,26). The smallest absolute Gasteiger partial charge is 0.259 e. The molecule has 3 aromatic carbocycles. The van der Waals surface area contributed by atoms with Gasteiger partial charge in [0, 0.05) is 24.3 Å². The van der Waals surface area contributed by atoms with Crippen LogP contribution in [0.15, 0.2) is 60.7 Å². The van der Waals surface area contributed by atoms with Crippen LogP contribution in [0, 0.1) is 0 Å². The van der Waals surface area contributed by atoms with E-state index in [2.05, 4.69) is 5.32 Å². The molecule has 2 amide bonds. The number of ether oxygens (including phenoxy) is 1. The molecule has 0 bridgehead atoms. The molecule has 5 nitrogen and oxygen atoms in total. The zero-order chi connectivity index (χ0) is 20.1. The van der Waals surface area contributed by atoms with Gasteiger partial charge in [-0.25, -0.2) is 0 Å². The van der Waals surface area contributed by atoms with E-state index in [0.717, 1.165) is 10.8 Å². The van der Waals surface area contributed by atoms with Gasteiger partial charge in [0.15, 0.2) is 0 Å². The Balaban J connectivity index is 1.81. The molecule has 0 aliphatic heterocycles. The minimum Gasteiger partial charge on any atom is -0.496 e. The first-order chi connectivity index (χ1) is 13.6. The van der Waals surface area contributed by atoms with Gasteiger partial charge in [0.1, 0.15) is 5.75 Å². The van der Waals surface area contributed by atoms with Crippen molar-refractivity contribution in [1.29, 1.82) is 0 Å². The van der Waals surface area contributed by atoms with Gasteiger partial charge in [0.2, 0.25) is 0 Å². The van der Waals surface area contributed by atoms with Crippen molar-refractivity contribution in [2.45, 2.75) is 13.8 Å². The van der Waals surface area contributed by atoms with Gasteiger partial charge in [-0.15, -0.1) is 0 Å². The van der Waals surface area contributed by atoms with E-state index in [4.69, 9.17) is 4.74 Å². The summed E-state index contributed by atoms with van der Waals surface area (Å²) in [6, 6.07) is 18.4. The Hall–Kier alpha value is -3.34. The molecular weight excluding hydrogens is 352 g/mol. The molecule has 0 atom stereocenters. The van der Waals surface area contributed by atoms with Gasteiger partial charge >= 0.3 is 0 Å². The van der Waals surface area contributed by atoms with Crippen LogP contribution in [0.2, 0.25) is 0 Å². The third kappa shape index (κ3) is 3.98. The second-order valence-electron chi connectivity index (χ2n) is 6.41. The molecule has 144 valence electrons. The van der Waals surface area contributed by atoms with Crippen molar-refractivity contribution in [3.8, 4) is 5.75 Å². The Morgan fingerprint density at radius 1 is 0.929 bits per heavy atom. The van der Waals surface area contributed by atoms with Crippen molar-refractivity contribution in [2.75, 3.05) is 25.5 Å². The van der Waals surface area contributed by atoms with Crippen LogP contribution < -0.4 is 10.1 Å². The zero-order valence-corrected chi connectivity index (χ0v) is 16.4. The summed E-state index contributed by atoms with van der Waals surface area (Å²) in [5, 5.41) is 4.85. The van der Waals surface area contributed by atoms with E-state index < -0.39 is 0 Å². The second kappa shape index (κ2) is 8.57. The van der Waals surface area contributed by atoms with Crippen LogP contribution in [0.5, 0.6) is 5.75 Å². The van der Waals surface area contributed by atoms with E-state index in [0.29, 0.717) is 35.7 Å². The SMILES string of the molecule is CCN(CC)C(=O)c1ccc(NC(=O)c2cc3ccccc3cc2OC)cc1. The monoisotopic (exact) mass is 376 g/mol. The molecule has 3 rings (SSSR count). The summed E-state index contributed by atoms with van der Waals surface area (Å²) in [6.07, 6.45) is 0. The van der Waals surface area contributed by atoms with E-state index in [9.17, 15) is 9.59 Å². The highest BCUT2D eigenvalue weighted by Gasteiger charge is 2.15. The summed E-state index contributed by atoms with van der Waals surface area (Å²) in [6.45, 7) is 5.23. The van der Waals surface area contributed by atoms with E-state index >= 15 is 0 Å². The van der Waals surface area contributed by atoms with Gasteiger partial charge < -0.3 is 15.0 Å². The molecule has 0 saturated carbocycles. The van der Waals surface area contributed by atoms with Crippen LogP contribution in [-0.2, 0) is 0 Å². The van der Waals surface area contributed by atoms with Crippen LogP contribution in [0.1, 0.15) is 34.6 Å². The lowest BCUT2D eigenvalue weighted by atomic mass is 10.1. The number of amides is 2. The number of rotatable bonds is 6. The third-order valence-electron chi connectivity index (χ3n) is 4.75. The number of benzene rings is 3. The Labute approximate surface area is 164 Å². The topological polar surface area (TPSA) is 58.6 Å². The summed E-state index contributed by atoms with van der Waals surface area (Å²) in [5.41, 5.74) is 1.69. The fourth-order valence-electron chi connectivity index (χ4n) is 3.15. The summed E-state index contributed by atoms with van der Waals surface area (Å²) < 4.78 is 5.40. The average Bonchev–Trinajstić information content (AvgIpc) is 2.74. The molecule has 5 heteroatoms. The first kappa shape index (κ1) is 19.4. The van der Waals surface area contributed by atoms with E-state index in [1.165, 1.54) is 0 Å². The predicted octanol–water partition coefficient (Wildman–Crippen LogP) is 4.58. The number of nitrogens with one attached hydrogen (secondary N) is 1. The van der Waals surface area contributed by atoms with Crippen molar-refractivity contribution in [3.05, 3.63) is 71.8 Å². The van der Waals surface area contributed by atoms with Crippen LogP contribution in [-0.4, -0.2) is 36.9 Å². The molecule has 0 heterocycles. The van der Waals surface area contributed by atoms with Crippen LogP contribution >= 0.6 is 0 Å². The Bertz CT molecular complexity index is 992. The normalized spacial score (nSPS) is 10.5. The minimum atomic E-state index is -0.259. The number of fused-ring (bicyclic) bond motifs is 1. The summed E-state index contributed by atoms with van der Waals surface area (Å²) >= 11 is 0. The molecule has 0 aliphatic rings. The number of anilines is 1. The summed E-state index contributed by atoms with van der Waals surface area (Å²) in [4.78, 5) is 26.9. The fraction of sp³-hybridized carbons (Fsp3) is 0.217. The van der Waals surface area contributed by atoms with Crippen LogP contribution in [0.25, 0.3) is 10.8 Å². The molecule has 0 unspecified atom stereocenters. The van der Waals surface area contributed by atoms with Crippen molar-refractivity contribution in [2.24, 2.45) is 0 Å². The molecule has 0 spiro atoms. The lowest BCUT2D eigenvalue weighted by Gasteiger charge is -2.18. The lowest BCUT2D eigenvalue weighted by Crippen LogP contribution is -2.30. The molecule has 0 radical (unpaired) electrons. The van der Waals surface area contributed by atoms with Crippen molar-refractivity contribution >= 4 is 28.3 Å². The fourth-order valence-corrected chi connectivity index (χ4v) is 3.15. The molecule has 0 saturated heterocycles. The van der Waals surface area contributed by atoms with Crippen molar-refractivity contribution in [3.63, 3.8) is 0 Å². The molecule has 1 N–H and O–H groups in total.